The van der Waals surface area contributed by atoms with Crippen molar-refractivity contribution in [3.05, 3.63) is 0 Å². The Balaban J connectivity index is 1.02. The lowest BCUT2D eigenvalue weighted by atomic mass is 9.93. The number of nitrogens with one attached hydrogen (secondary N) is 6. The Bertz CT molecular complexity index is 3550. The summed E-state index contributed by atoms with van der Waals surface area (Å²) in [7, 11) is 0. The summed E-state index contributed by atoms with van der Waals surface area (Å²) >= 11 is 0. The number of amides is 6. The maximum atomic E-state index is 13.4. The van der Waals surface area contributed by atoms with Gasteiger partial charge in [-0.15, -0.1) is 0 Å². The number of carbonyl (C=O) groups excluding carboxylic acids is 6. The molecule has 31 N–H and O–H groups in total. The molecule has 738 valence electrons. The third kappa shape index (κ3) is 23.9. The van der Waals surface area contributed by atoms with Gasteiger partial charge in [0, 0.05) is 41.5 Å². The number of ether oxygens (including phenoxy) is 19. The molecule has 0 aliphatic carbocycles. The van der Waals surface area contributed by atoms with Crippen LogP contribution in [0, 0.1) is 0 Å². The molecular formula is C72H120N6O50. The molecule has 10 aliphatic rings. The van der Waals surface area contributed by atoms with Crippen LogP contribution >= 0.6 is 0 Å². The second-order valence-corrected chi connectivity index (χ2v) is 32.5. The van der Waals surface area contributed by atoms with Crippen molar-refractivity contribution >= 4 is 35.4 Å². The van der Waals surface area contributed by atoms with E-state index in [9.17, 15) is 156 Å². The third-order valence-corrected chi connectivity index (χ3v) is 23.2. The van der Waals surface area contributed by atoms with Crippen molar-refractivity contribution in [3.63, 3.8) is 0 Å². The van der Waals surface area contributed by atoms with E-state index in [4.69, 9.17) is 90.0 Å². The van der Waals surface area contributed by atoms with E-state index in [0.717, 1.165) is 41.5 Å². The van der Waals surface area contributed by atoms with Gasteiger partial charge in [0.25, 0.3) is 0 Å². The first-order valence-corrected chi connectivity index (χ1v) is 41.0. The van der Waals surface area contributed by atoms with Crippen molar-refractivity contribution in [1.82, 2.24) is 31.9 Å². The first kappa shape index (κ1) is 105. The fraction of sp³-hybridized carbons (Fsp3) is 0.917. The molecule has 0 aromatic heterocycles. The summed E-state index contributed by atoms with van der Waals surface area (Å²) in [6, 6.07) is -11.0. The van der Waals surface area contributed by atoms with E-state index in [1.807, 2.05) is 0 Å². The number of carbonyl (C=O) groups is 6. The minimum atomic E-state index is -2.66. The zero-order valence-electron chi connectivity index (χ0n) is 69.6. The molecule has 50 atom stereocenters. The summed E-state index contributed by atoms with van der Waals surface area (Å²) in [5, 5.41) is 297. The molecule has 10 rings (SSSR count). The minimum absolute atomic E-state index is 0.817. The van der Waals surface area contributed by atoms with Crippen LogP contribution in [0.15, 0.2) is 0 Å². The van der Waals surface area contributed by atoms with Crippen molar-refractivity contribution in [2.45, 2.75) is 355 Å². The van der Waals surface area contributed by atoms with Crippen molar-refractivity contribution < 1.29 is 246 Å². The topological polar surface area (TPSA) is 856 Å². The van der Waals surface area contributed by atoms with Crippen LogP contribution in [0.1, 0.15) is 48.5 Å². The van der Waals surface area contributed by atoms with E-state index < -0.39 is 402 Å². The predicted octanol–water partition coefficient (Wildman–Crippen LogP) is -20.9. The zero-order chi connectivity index (χ0) is 94.4. The molecule has 10 fully saturated rings. The number of hydrogen-bond acceptors (Lipinski definition) is 50. The highest BCUT2D eigenvalue weighted by molar-refractivity contribution is 5.75. The van der Waals surface area contributed by atoms with Gasteiger partial charge in [-0.05, 0) is 6.92 Å². The molecule has 0 radical (unpaired) electrons. The highest BCUT2D eigenvalue weighted by Crippen LogP contribution is 2.41. The van der Waals surface area contributed by atoms with Crippen LogP contribution in [-0.4, -0.2) is 529 Å². The lowest BCUT2D eigenvalue weighted by molar-refractivity contribution is -0.398. The fourth-order valence-electron chi connectivity index (χ4n) is 16.5. The van der Waals surface area contributed by atoms with Crippen LogP contribution in [0.5, 0.6) is 0 Å². The molecule has 6 amide bonds. The number of hydrogen-bond donors (Lipinski definition) is 31. The van der Waals surface area contributed by atoms with Crippen molar-refractivity contribution in [1.29, 1.82) is 0 Å². The number of aliphatic hydroxyl groups is 25. The lowest BCUT2D eigenvalue weighted by Crippen LogP contribution is -2.71. The summed E-state index contributed by atoms with van der Waals surface area (Å²) in [4.78, 5) is 76.6. The maximum absolute atomic E-state index is 13.4. The highest BCUT2D eigenvalue weighted by Gasteiger charge is 2.62. The molecule has 0 spiro atoms. The van der Waals surface area contributed by atoms with Crippen LogP contribution in [0.3, 0.4) is 0 Å². The SMILES string of the molecule is CC(=O)N[C@@H]1[C@@H](O)[C@H](O[C@@H]2O[C@H](CO)[C@@H](O[C@@H]3O[C@H](CO[C@H]4O[C@H](CO[C@@H]5O[C@H](CO)[C@@H](O)[C@H](O)[C@H]5NC(C)=O)[C@@H](O)[C@H](O)[C@@H]4O[C@@H]4O[C@H](CO)[C@@H](O)[C@H](O)[C@H]4NC(C)=O)[C@@H](O)[C@H](O[C@H]4O[C@H](CO)[C@@H](O)[C@H](O)[C@@H]4O[C@@H]4O[C@H](CO)[C@@H](O[C@@H]5O[C@H](CO)[C@H](O)[C@H](O)[C@H]5NC(C)=O)[C@H](O)[C@H]4NC(C)=O)[C@@H]3O)[C@H](O)[C@H]2NC(C)=O)[C@@H](CO[C@@H]2O[C@@H](C)[C@@H](O)[C@H](O)[C@@H]2O)O[C@H]1O. The monoisotopic (exact) mass is 1870 g/mol. The van der Waals surface area contributed by atoms with Crippen molar-refractivity contribution in [2.75, 3.05) is 59.5 Å². The van der Waals surface area contributed by atoms with Crippen LogP contribution in [0.25, 0.3) is 0 Å². The lowest BCUT2D eigenvalue weighted by Gasteiger charge is -2.51. The molecule has 10 heterocycles. The van der Waals surface area contributed by atoms with Crippen molar-refractivity contribution in [3.8, 4) is 0 Å². The molecular weight excluding hydrogens is 1750 g/mol. The normalized spacial score (nSPS) is 47.8. The van der Waals surface area contributed by atoms with E-state index in [1.54, 1.807) is 0 Å². The Kier molecular flexibility index (Phi) is 37.8. The van der Waals surface area contributed by atoms with Crippen LogP contribution in [0.2, 0.25) is 0 Å². The van der Waals surface area contributed by atoms with Crippen LogP contribution in [0.4, 0.5) is 0 Å². The van der Waals surface area contributed by atoms with Gasteiger partial charge < -0.3 is 250 Å². The Morgan fingerprint density at radius 2 is 0.492 bits per heavy atom. The first-order valence-electron chi connectivity index (χ1n) is 41.0. The molecule has 0 aromatic carbocycles. The van der Waals surface area contributed by atoms with Crippen LogP contribution < -0.4 is 31.9 Å². The van der Waals surface area contributed by atoms with Gasteiger partial charge >= 0.3 is 0 Å². The van der Waals surface area contributed by atoms with Gasteiger partial charge in [-0.3, -0.25) is 28.8 Å². The third-order valence-electron chi connectivity index (χ3n) is 23.2. The van der Waals surface area contributed by atoms with E-state index in [-0.39, 0.29) is 0 Å². The van der Waals surface area contributed by atoms with Crippen LogP contribution in [-0.2, 0) is 119 Å². The molecule has 0 bridgehead atoms. The quantitative estimate of drug-likeness (QED) is 0.0290. The summed E-state index contributed by atoms with van der Waals surface area (Å²) in [5.74, 6) is -5.40. The second kappa shape index (κ2) is 46.1. The molecule has 56 heteroatoms. The molecule has 0 unspecified atom stereocenters. The summed E-state index contributed by atoms with van der Waals surface area (Å²) < 4.78 is 114. The Morgan fingerprint density at radius 3 is 0.906 bits per heavy atom. The van der Waals surface area contributed by atoms with Gasteiger partial charge in [0.2, 0.25) is 35.4 Å². The minimum Gasteiger partial charge on any atom is -0.394 e. The molecule has 0 aromatic rings. The van der Waals surface area contributed by atoms with E-state index in [0.29, 0.717) is 0 Å². The van der Waals surface area contributed by atoms with Gasteiger partial charge in [0.1, 0.15) is 238 Å². The Hall–Kier alpha value is -4.94. The summed E-state index contributed by atoms with van der Waals surface area (Å²) in [5.41, 5.74) is 0. The smallest absolute Gasteiger partial charge is 0.217 e. The van der Waals surface area contributed by atoms with Gasteiger partial charge in [0.15, 0.2) is 62.9 Å². The average molecular weight is 1870 g/mol. The second-order valence-electron chi connectivity index (χ2n) is 32.5. The van der Waals surface area contributed by atoms with E-state index in [1.165, 1.54) is 6.92 Å². The average Bonchev–Trinajstić information content (AvgIpc) is 0.766. The standard InChI is InChI=1S/C72H120N6O50/c1-17-39(91)52(104)55(107)69(113-17)111-16-32-59(49(101)33(63(109)114-32)73-18(2)85)124-67-37(77-22(6)89)51(103)58(29(13-84)119-67)125-70-56(108)60(126-72-62(53(105)43(95)27(11-82)118-72)128-68-38(78-23(7)90)50(102)57(28(12-83)120-68)123-65-35(75-20(4)87)47(99)41(93)25(9-80)116-65)45(97)31(121-70)15-112-71-61(127-66-36(76-21(5)88)48(100)42(94)26(10-81)117-66)54(106)44(96)30(122-71)14-110-64-34(74-19(3)86)46(98)40(92)24(8-79)115-64/h17,24-72,79-84,91-109H,8-16H2,1-7H3,(H,73,85)(H,74,86)(H,75,87)(H,76,88)(H,77,89)(H,78,90)/t17-,24+,25+,26+,27+,28+,29+,30+,31+,32+,33+,34+,35+,36+,37+,38+,39+,40+,41-,42+,43+,44+,45+,46+,47+,48+,49+,50+,51+,52-,53-,54-,55-,56-,57+,58+,59+,60-,61-,62-,63+,64+,65-,66-,67-,68-,69+,70-,71-,72+/m0/s1. The van der Waals surface area contributed by atoms with Crippen molar-refractivity contribution in [2.24, 2.45) is 0 Å². The van der Waals surface area contributed by atoms with E-state index in [2.05, 4.69) is 31.9 Å². The van der Waals surface area contributed by atoms with E-state index >= 15 is 0 Å². The fourth-order valence-corrected chi connectivity index (χ4v) is 16.5. The predicted molar refractivity (Wildman–Crippen MR) is 398 cm³/mol. The van der Waals surface area contributed by atoms with Gasteiger partial charge in [-0.1, -0.05) is 0 Å². The Morgan fingerprint density at radius 1 is 0.219 bits per heavy atom. The van der Waals surface area contributed by atoms with Gasteiger partial charge in [-0.25, -0.2) is 0 Å². The molecule has 10 aliphatic heterocycles. The van der Waals surface area contributed by atoms with Gasteiger partial charge in [-0.2, -0.15) is 0 Å². The molecule has 56 nitrogen and oxygen atoms in total. The first-order chi connectivity index (χ1) is 60.4. The summed E-state index contributed by atoms with van der Waals surface area (Å²) in [6.45, 7) is -2.74. The maximum Gasteiger partial charge on any atom is 0.217 e. The number of aliphatic hydroxyl groups excluding tert-OH is 25. The number of rotatable bonds is 33. The summed E-state index contributed by atoms with van der Waals surface area (Å²) in [6.07, 6.45) is -91.4. The largest absolute Gasteiger partial charge is 0.394 e. The Labute approximate surface area is 726 Å². The zero-order valence-corrected chi connectivity index (χ0v) is 69.6. The highest BCUT2D eigenvalue weighted by atomic mass is 16.8. The molecule has 0 saturated carbocycles. The molecule has 10 saturated heterocycles. The van der Waals surface area contributed by atoms with Gasteiger partial charge in [0.05, 0.1) is 65.6 Å². The molecule has 128 heavy (non-hydrogen) atoms.